The minimum absolute atomic E-state index is 0.185. The molecule has 0 aliphatic carbocycles. The van der Waals surface area contributed by atoms with E-state index in [0.29, 0.717) is 17.1 Å². The topological polar surface area (TPSA) is 62.6 Å². The van der Waals surface area contributed by atoms with Gasteiger partial charge in [-0.15, -0.1) is 0 Å². The second-order valence-electron chi connectivity index (χ2n) is 4.17. The van der Waals surface area contributed by atoms with Gasteiger partial charge in [-0.3, -0.25) is 4.68 Å². The summed E-state index contributed by atoms with van der Waals surface area (Å²) in [5, 5.41) is 3.92. The van der Waals surface area contributed by atoms with Gasteiger partial charge in [-0.05, 0) is 17.7 Å². The minimum Gasteiger partial charge on any atom is -0.457 e. The van der Waals surface area contributed by atoms with Crippen molar-refractivity contribution < 1.29 is 19.0 Å². The highest BCUT2D eigenvalue weighted by Crippen LogP contribution is 2.32. The van der Waals surface area contributed by atoms with Crippen LogP contribution in [0.5, 0.6) is 11.5 Å². The Morgan fingerprint density at radius 1 is 1.42 bits per heavy atom. The van der Waals surface area contributed by atoms with Crippen LogP contribution in [0.2, 0.25) is 0 Å². The van der Waals surface area contributed by atoms with Gasteiger partial charge in [0.05, 0.1) is 11.8 Å². The highest BCUT2D eigenvalue weighted by Gasteiger charge is 2.14. The van der Waals surface area contributed by atoms with Crippen LogP contribution in [0.4, 0.5) is 0 Å². The molecule has 0 bridgehead atoms. The van der Waals surface area contributed by atoms with Crippen molar-refractivity contribution in [2.45, 2.75) is 6.61 Å². The van der Waals surface area contributed by atoms with E-state index in [1.54, 1.807) is 30.1 Å². The Balaban J connectivity index is 1.64. The molecular formula is C13H12N2O4. The predicted octanol–water partition coefficient (Wildman–Crippen LogP) is 1.51. The zero-order chi connectivity index (χ0) is 13.2. The highest BCUT2D eigenvalue weighted by molar-refractivity contribution is 5.88. The number of hydrogen-bond donors (Lipinski definition) is 0. The van der Waals surface area contributed by atoms with Crippen LogP contribution < -0.4 is 9.47 Å². The smallest absolute Gasteiger partial charge is 0.341 e. The molecule has 1 aliphatic rings. The maximum Gasteiger partial charge on any atom is 0.341 e. The predicted molar refractivity (Wildman–Crippen MR) is 64.9 cm³/mol. The number of esters is 1. The molecule has 0 radical (unpaired) electrons. The lowest BCUT2D eigenvalue weighted by atomic mass is 10.2. The summed E-state index contributed by atoms with van der Waals surface area (Å²) in [7, 11) is 1.74. The van der Waals surface area contributed by atoms with Gasteiger partial charge < -0.3 is 14.2 Å². The van der Waals surface area contributed by atoms with Gasteiger partial charge in [0.25, 0.3) is 0 Å². The van der Waals surface area contributed by atoms with E-state index >= 15 is 0 Å². The normalized spacial score (nSPS) is 12.5. The fourth-order valence-electron chi connectivity index (χ4n) is 1.79. The van der Waals surface area contributed by atoms with Crippen molar-refractivity contribution in [2.24, 2.45) is 7.05 Å². The Morgan fingerprint density at radius 3 is 3.05 bits per heavy atom. The van der Waals surface area contributed by atoms with E-state index in [1.165, 1.54) is 6.20 Å². The van der Waals surface area contributed by atoms with Crippen LogP contribution in [0, 0.1) is 0 Å². The van der Waals surface area contributed by atoms with E-state index in [-0.39, 0.29) is 13.4 Å². The van der Waals surface area contributed by atoms with E-state index in [2.05, 4.69) is 5.10 Å². The lowest BCUT2D eigenvalue weighted by Gasteiger charge is -2.04. The average molecular weight is 260 g/mol. The first-order chi connectivity index (χ1) is 9.22. The van der Waals surface area contributed by atoms with Crippen molar-refractivity contribution in [3.63, 3.8) is 0 Å². The van der Waals surface area contributed by atoms with Crippen LogP contribution in [0.1, 0.15) is 15.9 Å². The molecule has 6 nitrogen and oxygen atoms in total. The van der Waals surface area contributed by atoms with Crippen LogP contribution in [0.25, 0.3) is 0 Å². The third-order valence-electron chi connectivity index (χ3n) is 2.75. The molecule has 98 valence electrons. The molecule has 1 aromatic carbocycles. The van der Waals surface area contributed by atoms with E-state index < -0.39 is 5.97 Å². The zero-order valence-corrected chi connectivity index (χ0v) is 10.3. The number of aromatic nitrogens is 2. The molecule has 6 heteroatoms. The largest absolute Gasteiger partial charge is 0.457 e. The molecule has 0 saturated heterocycles. The molecule has 3 rings (SSSR count). The summed E-state index contributed by atoms with van der Waals surface area (Å²) in [6, 6.07) is 5.44. The van der Waals surface area contributed by atoms with Crippen LogP contribution in [0.3, 0.4) is 0 Å². The molecule has 2 aromatic rings. The molecule has 0 amide bonds. The molecule has 0 saturated carbocycles. The molecule has 0 unspecified atom stereocenters. The quantitative estimate of drug-likeness (QED) is 0.783. The van der Waals surface area contributed by atoms with Gasteiger partial charge in [-0.2, -0.15) is 5.10 Å². The summed E-state index contributed by atoms with van der Waals surface area (Å²) in [6.45, 7) is 0.415. The number of aryl methyl sites for hydroxylation is 1. The summed E-state index contributed by atoms with van der Waals surface area (Å²) in [6.07, 6.45) is 3.09. The Hall–Kier alpha value is -2.50. The van der Waals surface area contributed by atoms with Gasteiger partial charge >= 0.3 is 5.97 Å². The molecule has 0 N–H and O–H groups in total. The van der Waals surface area contributed by atoms with Crippen LogP contribution in [-0.4, -0.2) is 22.5 Å². The molecular weight excluding hydrogens is 248 g/mol. The zero-order valence-electron chi connectivity index (χ0n) is 10.3. The maximum atomic E-state index is 11.7. The second kappa shape index (κ2) is 4.64. The second-order valence-corrected chi connectivity index (χ2v) is 4.17. The first kappa shape index (κ1) is 11.6. The summed E-state index contributed by atoms with van der Waals surface area (Å²) < 4.78 is 17.2. The lowest BCUT2D eigenvalue weighted by Crippen LogP contribution is -2.04. The Morgan fingerprint density at radius 2 is 2.26 bits per heavy atom. The van der Waals surface area contributed by atoms with Crippen LogP contribution >= 0.6 is 0 Å². The molecule has 19 heavy (non-hydrogen) atoms. The van der Waals surface area contributed by atoms with Crippen LogP contribution in [-0.2, 0) is 18.4 Å². The molecule has 0 atom stereocenters. The minimum atomic E-state index is -0.397. The third-order valence-corrected chi connectivity index (χ3v) is 2.75. The van der Waals surface area contributed by atoms with E-state index in [0.717, 1.165) is 5.56 Å². The Labute approximate surface area is 109 Å². The van der Waals surface area contributed by atoms with E-state index in [9.17, 15) is 4.79 Å². The summed E-state index contributed by atoms with van der Waals surface area (Å²) in [4.78, 5) is 11.7. The molecule has 1 aliphatic heterocycles. The number of fused-ring (bicyclic) bond motifs is 1. The van der Waals surface area contributed by atoms with E-state index in [1.807, 2.05) is 6.07 Å². The van der Waals surface area contributed by atoms with Gasteiger partial charge in [0.2, 0.25) is 6.79 Å². The van der Waals surface area contributed by atoms with Gasteiger partial charge in [0, 0.05) is 13.2 Å². The van der Waals surface area contributed by atoms with Crippen molar-refractivity contribution in [2.75, 3.05) is 6.79 Å². The third kappa shape index (κ3) is 2.37. The monoisotopic (exact) mass is 260 g/mol. The Kier molecular flexibility index (Phi) is 2.83. The molecule has 1 aromatic heterocycles. The van der Waals surface area contributed by atoms with Gasteiger partial charge in [-0.1, -0.05) is 6.07 Å². The van der Waals surface area contributed by atoms with Crippen LogP contribution in [0.15, 0.2) is 30.6 Å². The number of hydrogen-bond acceptors (Lipinski definition) is 5. The molecule has 0 spiro atoms. The van der Waals surface area contributed by atoms with Crippen molar-refractivity contribution in [3.8, 4) is 11.5 Å². The molecule has 0 fully saturated rings. The number of rotatable bonds is 3. The van der Waals surface area contributed by atoms with Gasteiger partial charge in [-0.25, -0.2) is 4.79 Å². The number of carbonyl (C=O) groups is 1. The van der Waals surface area contributed by atoms with Gasteiger partial charge in [0.1, 0.15) is 6.61 Å². The van der Waals surface area contributed by atoms with Gasteiger partial charge in [0.15, 0.2) is 11.5 Å². The Bertz CT molecular complexity index is 621. The summed E-state index contributed by atoms with van der Waals surface area (Å²) in [5.41, 5.74) is 1.28. The fraction of sp³-hybridized carbons (Fsp3) is 0.231. The first-order valence-corrected chi connectivity index (χ1v) is 5.77. The standard InChI is InChI=1S/C13H12N2O4/c1-15-6-10(5-14-15)13(16)17-7-9-2-3-11-12(4-9)19-8-18-11/h2-6H,7-8H2,1H3. The fourth-order valence-corrected chi connectivity index (χ4v) is 1.79. The highest BCUT2D eigenvalue weighted by atomic mass is 16.7. The van der Waals surface area contributed by atoms with Crippen molar-refractivity contribution in [3.05, 3.63) is 41.7 Å². The number of carbonyl (C=O) groups excluding carboxylic acids is 1. The number of benzene rings is 1. The molecule has 2 heterocycles. The lowest BCUT2D eigenvalue weighted by molar-refractivity contribution is 0.0472. The number of nitrogens with zero attached hydrogens (tertiary/aromatic N) is 2. The number of ether oxygens (including phenoxy) is 3. The average Bonchev–Trinajstić information content (AvgIpc) is 3.03. The first-order valence-electron chi connectivity index (χ1n) is 5.77. The summed E-state index contributed by atoms with van der Waals surface area (Å²) >= 11 is 0. The van der Waals surface area contributed by atoms with Crippen molar-refractivity contribution >= 4 is 5.97 Å². The van der Waals surface area contributed by atoms with Crippen molar-refractivity contribution in [1.29, 1.82) is 0 Å². The maximum absolute atomic E-state index is 11.7. The SMILES string of the molecule is Cn1cc(C(=O)OCc2ccc3c(c2)OCO3)cn1. The summed E-state index contributed by atoms with van der Waals surface area (Å²) in [5.74, 6) is 0.989. The van der Waals surface area contributed by atoms with E-state index in [4.69, 9.17) is 14.2 Å². The van der Waals surface area contributed by atoms with Crippen molar-refractivity contribution in [1.82, 2.24) is 9.78 Å².